The predicted octanol–water partition coefficient (Wildman–Crippen LogP) is 4.82. The maximum Gasteiger partial charge on any atom is 0.291 e. The van der Waals surface area contributed by atoms with Crippen LogP contribution < -0.4 is 15.4 Å². The van der Waals surface area contributed by atoms with Crippen LogP contribution in [0.5, 0.6) is 5.75 Å². The number of furan rings is 1. The van der Waals surface area contributed by atoms with Crippen LogP contribution >= 0.6 is 0 Å². The molecule has 0 aliphatic carbocycles. The number of hydrogen-bond acceptors (Lipinski definition) is 4. The van der Waals surface area contributed by atoms with Gasteiger partial charge in [-0.3, -0.25) is 9.59 Å². The number of carbonyl (C=O) groups is 2. The molecule has 0 saturated heterocycles. The SMILES string of the molecule is CC(C)COc1ccc(C(=O)Nc2cccc(NC(=O)c3ccco3)c2)cc1. The van der Waals surface area contributed by atoms with E-state index >= 15 is 0 Å². The Balaban J connectivity index is 1.61. The van der Waals surface area contributed by atoms with E-state index in [0.717, 1.165) is 5.75 Å². The highest BCUT2D eigenvalue weighted by atomic mass is 16.5. The molecule has 144 valence electrons. The summed E-state index contributed by atoms with van der Waals surface area (Å²) < 4.78 is 10.7. The van der Waals surface area contributed by atoms with E-state index in [1.807, 2.05) is 0 Å². The zero-order chi connectivity index (χ0) is 19.9. The Morgan fingerprint density at radius 3 is 2.21 bits per heavy atom. The van der Waals surface area contributed by atoms with Gasteiger partial charge in [0.1, 0.15) is 5.75 Å². The second-order valence-corrected chi connectivity index (χ2v) is 6.70. The van der Waals surface area contributed by atoms with Crippen LogP contribution in [0.15, 0.2) is 71.3 Å². The molecule has 0 bridgehead atoms. The summed E-state index contributed by atoms with van der Waals surface area (Å²) in [6.07, 6.45) is 1.44. The zero-order valence-corrected chi connectivity index (χ0v) is 15.8. The highest BCUT2D eigenvalue weighted by Gasteiger charge is 2.10. The molecular formula is C22H22N2O4. The summed E-state index contributed by atoms with van der Waals surface area (Å²) in [5.41, 5.74) is 1.64. The first kappa shape index (κ1) is 19.2. The summed E-state index contributed by atoms with van der Waals surface area (Å²) in [5.74, 6) is 0.779. The lowest BCUT2D eigenvalue weighted by Gasteiger charge is -2.10. The van der Waals surface area contributed by atoms with Gasteiger partial charge < -0.3 is 19.8 Å². The van der Waals surface area contributed by atoms with E-state index in [-0.39, 0.29) is 17.6 Å². The third-order valence-electron chi connectivity index (χ3n) is 3.82. The van der Waals surface area contributed by atoms with Gasteiger partial charge in [-0.05, 0) is 60.5 Å². The van der Waals surface area contributed by atoms with Gasteiger partial charge in [0.05, 0.1) is 12.9 Å². The summed E-state index contributed by atoms with van der Waals surface area (Å²) in [4.78, 5) is 24.5. The molecule has 0 saturated carbocycles. The fourth-order valence-corrected chi connectivity index (χ4v) is 2.44. The molecule has 2 aromatic carbocycles. The smallest absolute Gasteiger partial charge is 0.291 e. The Labute approximate surface area is 163 Å². The molecule has 2 amide bonds. The van der Waals surface area contributed by atoms with Crippen molar-refractivity contribution in [2.45, 2.75) is 13.8 Å². The van der Waals surface area contributed by atoms with Crippen LogP contribution in [-0.2, 0) is 0 Å². The van der Waals surface area contributed by atoms with Crippen molar-refractivity contribution >= 4 is 23.2 Å². The van der Waals surface area contributed by atoms with E-state index in [1.54, 1.807) is 60.7 Å². The van der Waals surface area contributed by atoms with E-state index < -0.39 is 0 Å². The fraction of sp³-hybridized carbons (Fsp3) is 0.182. The Bertz CT molecular complexity index is 931. The third-order valence-corrected chi connectivity index (χ3v) is 3.82. The molecule has 3 aromatic rings. The molecule has 1 heterocycles. The van der Waals surface area contributed by atoms with Crippen molar-refractivity contribution in [1.29, 1.82) is 0 Å². The summed E-state index contributed by atoms with van der Waals surface area (Å²) in [6.45, 7) is 4.78. The summed E-state index contributed by atoms with van der Waals surface area (Å²) in [6, 6.07) is 17.1. The van der Waals surface area contributed by atoms with Crippen molar-refractivity contribution in [2.75, 3.05) is 17.2 Å². The topological polar surface area (TPSA) is 80.6 Å². The van der Waals surface area contributed by atoms with E-state index in [1.165, 1.54) is 6.26 Å². The van der Waals surface area contributed by atoms with Gasteiger partial charge in [0.25, 0.3) is 11.8 Å². The molecule has 3 rings (SSSR count). The fourth-order valence-electron chi connectivity index (χ4n) is 2.44. The highest BCUT2D eigenvalue weighted by Crippen LogP contribution is 2.18. The maximum atomic E-state index is 12.5. The second kappa shape index (κ2) is 8.90. The van der Waals surface area contributed by atoms with Gasteiger partial charge in [-0.1, -0.05) is 19.9 Å². The van der Waals surface area contributed by atoms with E-state index in [0.29, 0.717) is 29.5 Å². The molecule has 6 heteroatoms. The molecule has 0 radical (unpaired) electrons. The quantitative estimate of drug-likeness (QED) is 0.618. The van der Waals surface area contributed by atoms with Crippen LogP contribution in [0.4, 0.5) is 11.4 Å². The minimum absolute atomic E-state index is 0.217. The van der Waals surface area contributed by atoms with E-state index in [4.69, 9.17) is 9.15 Å². The summed E-state index contributed by atoms with van der Waals surface area (Å²) in [5, 5.41) is 5.55. The van der Waals surface area contributed by atoms with Crippen LogP contribution in [0, 0.1) is 5.92 Å². The number of ether oxygens (including phenoxy) is 1. The van der Waals surface area contributed by atoms with Crippen molar-refractivity contribution in [3.8, 4) is 5.75 Å². The van der Waals surface area contributed by atoms with Crippen LogP contribution in [0.2, 0.25) is 0 Å². The average Bonchev–Trinajstić information content (AvgIpc) is 3.22. The molecule has 1 aromatic heterocycles. The number of benzene rings is 2. The Kier molecular flexibility index (Phi) is 6.11. The molecule has 0 fully saturated rings. The van der Waals surface area contributed by atoms with E-state index in [9.17, 15) is 9.59 Å². The first-order chi connectivity index (χ1) is 13.5. The normalized spacial score (nSPS) is 10.5. The molecule has 2 N–H and O–H groups in total. The van der Waals surface area contributed by atoms with Crippen LogP contribution in [0.25, 0.3) is 0 Å². The summed E-state index contributed by atoms with van der Waals surface area (Å²) in [7, 11) is 0. The lowest BCUT2D eigenvalue weighted by atomic mass is 10.2. The van der Waals surface area contributed by atoms with Crippen LogP contribution in [0.3, 0.4) is 0 Å². The highest BCUT2D eigenvalue weighted by molar-refractivity contribution is 6.05. The summed E-state index contributed by atoms with van der Waals surface area (Å²) >= 11 is 0. The molecule has 0 atom stereocenters. The largest absolute Gasteiger partial charge is 0.493 e. The lowest BCUT2D eigenvalue weighted by molar-refractivity contribution is 0.0995. The van der Waals surface area contributed by atoms with Crippen molar-refractivity contribution in [3.63, 3.8) is 0 Å². The second-order valence-electron chi connectivity index (χ2n) is 6.70. The lowest BCUT2D eigenvalue weighted by Crippen LogP contribution is -2.13. The first-order valence-corrected chi connectivity index (χ1v) is 9.00. The number of amides is 2. The first-order valence-electron chi connectivity index (χ1n) is 9.00. The van der Waals surface area contributed by atoms with Crippen molar-refractivity contribution < 1.29 is 18.7 Å². The number of hydrogen-bond donors (Lipinski definition) is 2. The van der Waals surface area contributed by atoms with Gasteiger partial charge in [0, 0.05) is 16.9 Å². The van der Waals surface area contributed by atoms with Gasteiger partial charge in [-0.25, -0.2) is 0 Å². The molecule has 28 heavy (non-hydrogen) atoms. The number of rotatable bonds is 7. The van der Waals surface area contributed by atoms with Gasteiger partial charge in [0.15, 0.2) is 5.76 Å². The Morgan fingerprint density at radius 1 is 0.929 bits per heavy atom. The predicted molar refractivity (Wildman–Crippen MR) is 108 cm³/mol. The van der Waals surface area contributed by atoms with Crippen LogP contribution in [-0.4, -0.2) is 18.4 Å². The Morgan fingerprint density at radius 2 is 1.61 bits per heavy atom. The molecule has 6 nitrogen and oxygen atoms in total. The molecular weight excluding hydrogens is 356 g/mol. The molecule has 0 aliphatic rings. The van der Waals surface area contributed by atoms with Gasteiger partial charge in [0.2, 0.25) is 0 Å². The standard InChI is InChI=1S/C22H22N2O4/c1-15(2)14-28-19-10-8-16(9-11-19)21(25)23-17-5-3-6-18(13-17)24-22(26)20-7-4-12-27-20/h3-13,15H,14H2,1-2H3,(H,23,25)(H,24,26). The number of carbonyl (C=O) groups excluding carboxylic acids is 2. The molecule has 0 aliphatic heterocycles. The minimum atomic E-state index is -0.356. The molecule has 0 unspecified atom stereocenters. The van der Waals surface area contributed by atoms with Gasteiger partial charge >= 0.3 is 0 Å². The number of nitrogens with one attached hydrogen (secondary N) is 2. The minimum Gasteiger partial charge on any atom is -0.493 e. The van der Waals surface area contributed by atoms with E-state index in [2.05, 4.69) is 24.5 Å². The Hall–Kier alpha value is -3.54. The van der Waals surface area contributed by atoms with Crippen molar-refractivity contribution in [3.05, 3.63) is 78.3 Å². The molecule has 0 spiro atoms. The van der Waals surface area contributed by atoms with Crippen LogP contribution in [0.1, 0.15) is 34.8 Å². The third kappa shape index (κ3) is 5.23. The van der Waals surface area contributed by atoms with Gasteiger partial charge in [-0.2, -0.15) is 0 Å². The monoisotopic (exact) mass is 378 g/mol. The van der Waals surface area contributed by atoms with Crippen molar-refractivity contribution in [1.82, 2.24) is 0 Å². The van der Waals surface area contributed by atoms with Gasteiger partial charge in [-0.15, -0.1) is 0 Å². The van der Waals surface area contributed by atoms with Crippen molar-refractivity contribution in [2.24, 2.45) is 5.92 Å². The number of anilines is 2. The average molecular weight is 378 g/mol. The maximum absolute atomic E-state index is 12.5. The zero-order valence-electron chi connectivity index (χ0n) is 15.8.